The number of hydrogen-bond acceptors (Lipinski definition) is 3. The Labute approximate surface area is 456 Å². The van der Waals surface area contributed by atoms with Gasteiger partial charge in [-0.1, -0.05) is 232 Å². The highest BCUT2D eigenvalue weighted by Crippen LogP contribution is 2.45. The van der Waals surface area contributed by atoms with Crippen LogP contribution >= 0.6 is 0 Å². The van der Waals surface area contributed by atoms with Crippen LogP contribution < -0.4 is 0 Å². The molecular weight excluding hydrogens is 889 g/mol. The third kappa shape index (κ3) is 16.3. The number of H-pyrrole nitrogens is 3. The monoisotopic (exact) mass is 1020 g/mol. The second kappa shape index (κ2) is 28.8. The average molecular weight is 1020 g/mol. The Morgan fingerprint density at radius 3 is 0.630 bits per heavy atom. The second-order valence-electron chi connectivity index (χ2n) is 26.8. The Balaban J connectivity index is 0.000000548. The molecule has 0 unspecified atom stereocenters. The summed E-state index contributed by atoms with van der Waals surface area (Å²) in [6.07, 6.45) is 26.2. The van der Waals surface area contributed by atoms with E-state index in [4.69, 9.17) is 15.0 Å². The Kier molecular flexibility index (Phi) is 27.1. The SMILES string of the molecule is CCCCC(C)(C)c1nc(C(C)(CC)CC)[nH]c1C(C)(CC)CC.CCCCC(C)(C)c1nc(C(C)(CC)CC)[nH]c1C(C)(CC)CC.CCCCCC(C)(C)c1nc(C(C)(CC)CC)[nH]c1C(C)(CC)CC. The molecule has 6 heteroatoms. The van der Waals surface area contributed by atoms with Crippen LogP contribution in [0.3, 0.4) is 0 Å². The summed E-state index contributed by atoms with van der Waals surface area (Å²) >= 11 is 0. The molecule has 3 N–H and O–H groups in total. The van der Waals surface area contributed by atoms with Crippen LogP contribution in [0, 0.1) is 0 Å². The van der Waals surface area contributed by atoms with Crippen LogP contribution in [0.25, 0.3) is 0 Å². The van der Waals surface area contributed by atoms with E-state index in [-0.39, 0.29) is 48.7 Å². The van der Waals surface area contributed by atoms with Crippen LogP contribution in [0.4, 0.5) is 0 Å². The first kappa shape index (κ1) is 68.6. The van der Waals surface area contributed by atoms with E-state index in [0.29, 0.717) is 0 Å². The first-order valence-corrected chi connectivity index (χ1v) is 31.3. The molecule has 0 saturated heterocycles. The number of aromatic nitrogens is 6. The summed E-state index contributed by atoms with van der Waals surface area (Å²) < 4.78 is 0. The van der Waals surface area contributed by atoms with Gasteiger partial charge in [0.1, 0.15) is 17.5 Å². The zero-order valence-electron chi connectivity index (χ0n) is 54.4. The number of imidazole rings is 3. The van der Waals surface area contributed by atoms with Gasteiger partial charge in [0, 0.05) is 65.8 Å². The number of rotatable bonds is 31. The van der Waals surface area contributed by atoms with Gasteiger partial charge < -0.3 is 15.0 Å². The van der Waals surface area contributed by atoms with Crippen LogP contribution in [-0.4, -0.2) is 29.9 Å². The summed E-state index contributed by atoms with van der Waals surface area (Å²) in [6, 6.07) is 0. The van der Waals surface area contributed by atoms with E-state index in [1.165, 1.54) is 116 Å². The normalized spacial score (nSPS) is 13.5. The van der Waals surface area contributed by atoms with E-state index in [1.807, 2.05) is 0 Å². The topological polar surface area (TPSA) is 86.0 Å². The Hall–Kier alpha value is -2.37. The first-order valence-electron chi connectivity index (χ1n) is 31.3. The smallest absolute Gasteiger partial charge is 0.112 e. The van der Waals surface area contributed by atoms with Gasteiger partial charge >= 0.3 is 0 Å². The summed E-state index contributed by atoms with van der Waals surface area (Å²) in [5, 5.41) is 0. The Morgan fingerprint density at radius 2 is 0.452 bits per heavy atom. The van der Waals surface area contributed by atoms with Crippen molar-refractivity contribution in [3.8, 4) is 0 Å². The lowest BCUT2D eigenvalue weighted by atomic mass is 9.74. The van der Waals surface area contributed by atoms with E-state index >= 15 is 0 Å². The lowest BCUT2D eigenvalue weighted by Gasteiger charge is -2.32. The molecule has 0 radical (unpaired) electrons. The summed E-state index contributed by atoms with van der Waals surface area (Å²) in [7, 11) is 0. The lowest BCUT2D eigenvalue weighted by molar-refractivity contribution is 0.389. The van der Waals surface area contributed by atoms with Gasteiger partial charge in [-0.3, -0.25) is 0 Å². The number of aromatic amines is 3. The van der Waals surface area contributed by atoms with Crippen molar-refractivity contribution in [2.45, 2.75) is 377 Å². The summed E-state index contributed by atoms with van der Waals surface area (Å²) in [6.45, 7) is 63.0. The quantitative estimate of drug-likeness (QED) is 0.0561. The highest BCUT2D eigenvalue weighted by Gasteiger charge is 2.41. The predicted octanol–water partition coefficient (Wildman–Crippen LogP) is 21.5. The standard InChI is InChI=1S/C23H44N2.2C22H42N2/c1-10-15-16-17-21(6,7)18-19(22(8,11-2)12-3)25-20(24-18)23(9,13-4)14-5;2*1-10-15-16-20(6,7)17-18(21(8,11-2)12-3)24-19(23-17)22(9,13-4)14-5/h10-17H2,1-9H3,(H,24,25);2*10-16H2,1-9H3,(H,23,24). The molecule has 6 nitrogen and oxygen atoms in total. The van der Waals surface area contributed by atoms with E-state index in [1.54, 1.807) is 0 Å². The molecule has 0 saturated carbocycles. The molecule has 3 rings (SSSR count). The highest BCUT2D eigenvalue weighted by molar-refractivity contribution is 5.34. The zero-order chi connectivity index (χ0) is 56.5. The fraction of sp³-hybridized carbons (Fsp3) is 0.866. The van der Waals surface area contributed by atoms with Gasteiger partial charge in [-0.2, -0.15) is 0 Å². The van der Waals surface area contributed by atoms with Crippen LogP contribution in [0.5, 0.6) is 0 Å². The van der Waals surface area contributed by atoms with Crippen molar-refractivity contribution in [2.75, 3.05) is 0 Å². The van der Waals surface area contributed by atoms with Crippen molar-refractivity contribution in [1.82, 2.24) is 29.9 Å². The highest BCUT2D eigenvalue weighted by atomic mass is 15.0. The third-order valence-corrected chi connectivity index (χ3v) is 20.6. The largest absolute Gasteiger partial charge is 0.345 e. The van der Waals surface area contributed by atoms with Crippen molar-refractivity contribution in [3.63, 3.8) is 0 Å². The average Bonchev–Trinajstić information content (AvgIpc) is 4.20. The number of nitrogens with zero attached hydrogens (tertiary/aromatic N) is 3. The number of unbranched alkanes of at least 4 members (excludes halogenated alkanes) is 4. The van der Waals surface area contributed by atoms with Crippen LogP contribution in [0.15, 0.2) is 0 Å². The Bertz CT molecular complexity index is 1880. The lowest BCUT2D eigenvalue weighted by Crippen LogP contribution is -2.28. The molecule has 0 atom stereocenters. The minimum atomic E-state index is 0.132. The molecule has 0 aliphatic heterocycles. The molecule has 0 aromatic carbocycles. The molecule has 0 bridgehead atoms. The third-order valence-electron chi connectivity index (χ3n) is 20.6. The van der Waals surface area contributed by atoms with Gasteiger partial charge in [-0.25, -0.2) is 15.0 Å². The van der Waals surface area contributed by atoms with Gasteiger partial charge in [-0.05, 0) is 96.3 Å². The summed E-state index contributed by atoms with van der Waals surface area (Å²) in [5.41, 5.74) is 9.59. The number of nitrogens with one attached hydrogen (secondary N) is 3. The van der Waals surface area contributed by atoms with Crippen molar-refractivity contribution in [2.24, 2.45) is 0 Å². The maximum Gasteiger partial charge on any atom is 0.112 e. The molecule has 73 heavy (non-hydrogen) atoms. The van der Waals surface area contributed by atoms with E-state index < -0.39 is 0 Å². The molecule has 426 valence electrons. The zero-order valence-corrected chi connectivity index (χ0v) is 54.4. The van der Waals surface area contributed by atoms with Crippen LogP contribution in [0.1, 0.15) is 380 Å². The molecule has 3 aromatic heterocycles. The molecule has 3 heterocycles. The molecule has 0 fully saturated rings. The van der Waals surface area contributed by atoms with Crippen LogP contribution in [-0.2, 0) is 48.7 Å². The van der Waals surface area contributed by atoms with E-state index in [0.717, 1.165) is 77.0 Å². The maximum atomic E-state index is 5.28. The van der Waals surface area contributed by atoms with Crippen molar-refractivity contribution in [1.29, 1.82) is 0 Å². The fourth-order valence-corrected chi connectivity index (χ4v) is 10.7. The van der Waals surface area contributed by atoms with Gasteiger partial charge in [0.05, 0.1) is 17.1 Å². The molecule has 0 spiro atoms. The molecule has 0 aliphatic rings. The Morgan fingerprint density at radius 1 is 0.260 bits per heavy atom. The van der Waals surface area contributed by atoms with Gasteiger partial charge in [0.15, 0.2) is 0 Å². The molecule has 3 aromatic rings. The van der Waals surface area contributed by atoms with Gasteiger partial charge in [0.25, 0.3) is 0 Å². The first-order chi connectivity index (χ1) is 33.9. The predicted molar refractivity (Wildman–Crippen MR) is 326 cm³/mol. The summed E-state index contributed by atoms with van der Waals surface area (Å²) in [5.74, 6) is 3.62. The minimum absolute atomic E-state index is 0.132. The van der Waals surface area contributed by atoms with Crippen LogP contribution in [0.2, 0.25) is 0 Å². The van der Waals surface area contributed by atoms with E-state index in [2.05, 4.69) is 202 Å². The number of hydrogen-bond donors (Lipinski definition) is 3. The summed E-state index contributed by atoms with van der Waals surface area (Å²) in [4.78, 5) is 27.3. The second-order valence-corrected chi connectivity index (χ2v) is 26.8. The van der Waals surface area contributed by atoms with Gasteiger partial charge in [0.2, 0.25) is 0 Å². The molecular formula is C67H128N6. The maximum absolute atomic E-state index is 5.28. The molecule has 0 amide bonds. The minimum Gasteiger partial charge on any atom is -0.345 e. The molecule has 0 aliphatic carbocycles. The van der Waals surface area contributed by atoms with Crippen molar-refractivity contribution < 1.29 is 0 Å². The van der Waals surface area contributed by atoms with Gasteiger partial charge in [-0.15, -0.1) is 0 Å². The van der Waals surface area contributed by atoms with Crippen molar-refractivity contribution in [3.05, 3.63) is 51.6 Å². The fourth-order valence-electron chi connectivity index (χ4n) is 10.7. The van der Waals surface area contributed by atoms with E-state index in [9.17, 15) is 0 Å². The van der Waals surface area contributed by atoms with Crippen molar-refractivity contribution >= 4 is 0 Å².